The Morgan fingerprint density at radius 3 is 2.70 bits per heavy atom. The van der Waals surface area contributed by atoms with E-state index in [0.717, 1.165) is 11.1 Å². The van der Waals surface area contributed by atoms with Gasteiger partial charge in [0.15, 0.2) is 9.84 Å². The number of hydrogen-bond donors (Lipinski definition) is 1. The number of hydrogen-bond acceptors (Lipinski definition) is 4. The number of benzene rings is 1. The molecular formula is C16H19N3O3S. The van der Waals surface area contributed by atoms with E-state index in [1.807, 2.05) is 41.2 Å². The number of carbonyl (C=O) groups is 1. The molecule has 1 aliphatic heterocycles. The van der Waals surface area contributed by atoms with Crippen molar-refractivity contribution < 1.29 is 13.2 Å². The van der Waals surface area contributed by atoms with Gasteiger partial charge >= 0.3 is 0 Å². The van der Waals surface area contributed by atoms with E-state index >= 15 is 0 Å². The maximum absolute atomic E-state index is 12.1. The molecule has 1 aliphatic rings. The third-order valence-corrected chi connectivity index (χ3v) is 5.83. The summed E-state index contributed by atoms with van der Waals surface area (Å²) in [4.78, 5) is 12.1. The maximum Gasteiger partial charge on any atom is 0.224 e. The van der Waals surface area contributed by atoms with Crippen LogP contribution in [0, 0.1) is 5.92 Å². The maximum atomic E-state index is 12.1. The van der Waals surface area contributed by atoms with Crippen molar-refractivity contribution in [2.45, 2.75) is 19.5 Å². The van der Waals surface area contributed by atoms with E-state index in [4.69, 9.17) is 0 Å². The first-order valence-corrected chi connectivity index (χ1v) is 9.38. The molecule has 23 heavy (non-hydrogen) atoms. The Bertz CT molecular complexity index is 785. The van der Waals surface area contributed by atoms with E-state index in [1.165, 1.54) is 0 Å². The van der Waals surface area contributed by atoms with Crippen LogP contribution >= 0.6 is 0 Å². The van der Waals surface area contributed by atoms with Crippen molar-refractivity contribution in [3.05, 3.63) is 53.9 Å². The average Bonchev–Trinajstić information content (AvgIpc) is 3.15. The van der Waals surface area contributed by atoms with Gasteiger partial charge in [-0.25, -0.2) is 8.42 Å². The lowest BCUT2D eigenvalue weighted by Gasteiger charge is -2.13. The Kier molecular flexibility index (Phi) is 4.47. The number of carbonyl (C=O) groups excluding carboxylic acids is 1. The third kappa shape index (κ3) is 3.98. The van der Waals surface area contributed by atoms with Crippen molar-refractivity contribution in [3.63, 3.8) is 0 Å². The third-order valence-electron chi connectivity index (χ3n) is 4.07. The number of rotatable bonds is 5. The second kappa shape index (κ2) is 6.54. The molecule has 1 aromatic carbocycles. The van der Waals surface area contributed by atoms with Crippen LogP contribution in [-0.4, -0.2) is 35.6 Å². The number of sulfone groups is 1. The lowest BCUT2D eigenvalue weighted by molar-refractivity contribution is -0.124. The van der Waals surface area contributed by atoms with Crippen LogP contribution in [-0.2, 0) is 27.7 Å². The highest BCUT2D eigenvalue weighted by Gasteiger charge is 2.32. The van der Waals surface area contributed by atoms with E-state index in [1.54, 1.807) is 6.20 Å². The van der Waals surface area contributed by atoms with Crippen LogP contribution < -0.4 is 5.32 Å². The van der Waals surface area contributed by atoms with Crippen molar-refractivity contribution in [1.82, 2.24) is 15.1 Å². The summed E-state index contributed by atoms with van der Waals surface area (Å²) in [6, 6.07) is 9.71. The first-order chi connectivity index (χ1) is 11.0. The molecule has 1 fully saturated rings. The Labute approximate surface area is 135 Å². The molecule has 2 aromatic rings. The van der Waals surface area contributed by atoms with Crippen molar-refractivity contribution in [2.24, 2.45) is 5.92 Å². The molecule has 2 heterocycles. The molecule has 122 valence electrons. The highest BCUT2D eigenvalue weighted by molar-refractivity contribution is 7.91. The Balaban J connectivity index is 1.63. The number of amides is 1. The monoisotopic (exact) mass is 333 g/mol. The van der Waals surface area contributed by atoms with Crippen LogP contribution in [0.25, 0.3) is 0 Å². The fourth-order valence-corrected chi connectivity index (χ4v) is 4.52. The second-order valence-corrected chi connectivity index (χ2v) is 8.02. The highest BCUT2D eigenvalue weighted by atomic mass is 32.2. The molecular weight excluding hydrogens is 314 g/mol. The number of nitrogens with zero attached hydrogens (tertiary/aromatic N) is 2. The minimum Gasteiger partial charge on any atom is -0.352 e. The van der Waals surface area contributed by atoms with E-state index in [2.05, 4.69) is 10.4 Å². The molecule has 1 N–H and O–H groups in total. The second-order valence-electron chi connectivity index (χ2n) is 5.79. The van der Waals surface area contributed by atoms with E-state index in [0.29, 0.717) is 19.5 Å². The smallest absolute Gasteiger partial charge is 0.224 e. The van der Waals surface area contributed by atoms with Crippen LogP contribution in [0.15, 0.2) is 42.7 Å². The Hall–Kier alpha value is -2.15. The summed E-state index contributed by atoms with van der Waals surface area (Å²) in [5.41, 5.74) is 2.09. The zero-order valence-corrected chi connectivity index (χ0v) is 13.5. The fourth-order valence-electron chi connectivity index (χ4n) is 2.78. The quantitative estimate of drug-likeness (QED) is 0.884. The first-order valence-electron chi connectivity index (χ1n) is 7.56. The summed E-state index contributed by atoms with van der Waals surface area (Å²) in [6.07, 6.45) is 4.03. The molecule has 0 radical (unpaired) electrons. The summed E-state index contributed by atoms with van der Waals surface area (Å²) in [5.74, 6) is -0.521. The lowest BCUT2D eigenvalue weighted by atomic mass is 10.1. The molecule has 6 nitrogen and oxygen atoms in total. The minimum absolute atomic E-state index is 0.0340. The van der Waals surface area contributed by atoms with E-state index < -0.39 is 15.8 Å². The van der Waals surface area contributed by atoms with Crippen LogP contribution in [0.4, 0.5) is 0 Å². The Morgan fingerprint density at radius 2 is 2.04 bits per heavy atom. The molecule has 1 amide bonds. The molecule has 0 spiro atoms. The van der Waals surface area contributed by atoms with E-state index in [9.17, 15) is 13.2 Å². The zero-order chi connectivity index (χ0) is 16.3. The molecule has 1 aromatic heterocycles. The topological polar surface area (TPSA) is 81.1 Å². The molecule has 1 atom stereocenters. The summed E-state index contributed by atoms with van der Waals surface area (Å²) in [6.45, 7) is 1.03. The van der Waals surface area contributed by atoms with Crippen molar-refractivity contribution in [1.29, 1.82) is 0 Å². The summed E-state index contributed by atoms with van der Waals surface area (Å²) >= 11 is 0. The van der Waals surface area contributed by atoms with Gasteiger partial charge in [-0.05, 0) is 23.6 Å². The number of aromatic nitrogens is 2. The van der Waals surface area contributed by atoms with Gasteiger partial charge in [0.1, 0.15) is 0 Å². The van der Waals surface area contributed by atoms with Crippen LogP contribution in [0.5, 0.6) is 0 Å². The van der Waals surface area contributed by atoms with Crippen molar-refractivity contribution in [3.8, 4) is 0 Å². The van der Waals surface area contributed by atoms with Gasteiger partial charge in [-0.1, -0.05) is 24.3 Å². The van der Waals surface area contributed by atoms with Crippen LogP contribution in [0.2, 0.25) is 0 Å². The highest BCUT2D eigenvalue weighted by Crippen LogP contribution is 2.19. The van der Waals surface area contributed by atoms with Crippen LogP contribution in [0.3, 0.4) is 0 Å². The fraction of sp³-hybridized carbons (Fsp3) is 0.375. The summed E-state index contributed by atoms with van der Waals surface area (Å²) in [7, 11) is -3.04. The normalized spacial score (nSPS) is 19.6. The van der Waals surface area contributed by atoms with Gasteiger partial charge in [-0.2, -0.15) is 5.10 Å². The first kappa shape index (κ1) is 15.7. The molecule has 0 saturated carbocycles. The minimum atomic E-state index is -3.04. The predicted molar refractivity (Wildman–Crippen MR) is 86.4 cm³/mol. The van der Waals surface area contributed by atoms with E-state index in [-0.39, 0.29) is 17.4 Å². The van der Waals surface area contributed by atoms with Gasteiger partial charge in [0.25, 0.3) is 0 Å². The van der Waals surface area contributed by atoms with Gasteiger partial charge in [0.2, 0.25) is 5.91 Å². The predicted octanol–water partition coefficient (Wildman–Crippen LogP) is 0.982. The van der Waals surface area contributed by atoms with Crippen molar-refractivity contribution in [2.75, 3.05) is 11.5 Å². The SMILES string of the molecule is O=C(NCc1ccccc1Cn1cccn1)C1CCS(=O)(=O)C1. The van der Waals surface area contributed by atoms with Gasteiger partial charge in [-0.3, -0.25) is 9.48 Å². The van der Waals surface area contributed by atoms with Crippen molar-refractivity contribution >= 4 is 15.7 Å². The molecule has 0 bridgehead atoms. The van der Waals surface area contributed by atoms with Gasteiger partial charge in [0.05, 0.1) is 24.0 Å². The molecule has 1 unspecified atom stereocenters. The molecule has 7 heteroatoms. The lowest BCUT2D eigenvalue weighted by Crippen LogP contribution is -2.31. The van der Waals surface area contributed by atoms with Gasteiger partial charge in [0, 0.05) is 18.9 Å². The zero-order valence-electron chi connectivity index (χ0n) is 12.7. The summed E-state index contributed by atoms with van der Waals surface area (Å²) < 4.78 is 24.7. The molecule has 0 aliphatic carbocycles. The largest absolute Gasteiger partial charge is 0.352 e. The van der Waals surface area contributed by atoms with Gasteiger partial charge < -0.3 is 5.32 Å². The standard InChI is InChI=1S/C16H19N3O3S/c20-16(15-6-9-23(21,22)12-15)17-10-13-4-1-2-5-14(13)11-19-8-3-7-18-19/h1-5,7-8,15H,6,9-12H2,(H,17,20). The summed E-state index contributed by atoms with van der Waals surface area (Å²) in [5, 5.41) is 7.06. The molecule has 3 rings (SSSR count). The molecule has 1 saturated heterocycles. The average molecular weight is 333 g/mol. The number of nitrogens with one attached hydrogen (secondary N) is 1. The van der Waals surface area contributed by atoms with Gasteiger partial charge in [-0.15, -0.1) is 0 Å². The van der Waals surface area contributed by atoms with Crippen LogP contribution in [0.1, 0.15) is 17.5 Å². The Morgan fingerprint density at radius 1 is 1.26 bits per heavy atom.